The molecule has 3 aromatic rings. The number of benzene rings is 3. The number of ether oxygens (including phenoxy) is 1. The van der Waals surface area contributed by atoms with Gasteiger partial charge in [0.05, 0.1) is 16.9 Å². The predicted octanol–water partition coefficient (Wildman–Crippen LogP) is 4.23. The molecule has 1 saturated heterocycles. The minimum absolute atomic E-state index is 0.0327. The van der Waals surface area contributed by atoms with E-state index < -0.39 is 26.9 Å². The first-order valence-electron chi connectivity index (χ1n) is 11.0. The van der Waals surface area contributed by atoms with E-state index in [1.165, 1.54) is 56.5 Å². The number of amides is 2. The standard InChI is InChI=1S/C25H19N3O8S3/c1-15-3-12-20(14-21(15)28(31)32)39(33,34)36-19-8-4-16(5-9-19)13-22-24(30)27(25(37)38-22)26-23(29)17-6-10-18(35-2)11-7-17/h3-14H,1-2H3,(H,26,29)/b22-13-. The van der Waals surface area contributed by atoms with E-state index in [1.54, 1.807) is 24.3 Å². The van der Waals surface area contributed by atoms with Crippen LogP contribution in [0.5, 0.6) is 11.5 Å². The molecule has 1 N–H and O–H groups in total. The summed E-state index contributed by atoms with van der Waals surface area (Å²) in [6, 6.07) is 15.6. The van der Waals surface area contributed by atoms with Crippen molar-refractivity contribution in [2.45, 2.75) is 11.8 Å². The summed E-state index contributed by atoms with van der Waals surface area (Å²) < 4.78 is 35.6. The van der Waals surface area contributed by atoms with Gasteiger partial charge in [-0.15, -0.1) is 0 Å². The number of nitro benzene ring substituents is 1. The van der Waals surface area contributed by atoms with E-state index in [0.717, 1.165) is 22.8 Å². The molecule has 0 atom stereocenters. The Bertz CT molecular complexity index is 1620. The lowest BCUT2D eigenvalue weighted by molar-refractivity contribution is -0.385. The molecule has 0 radical (unpaired) electrons. The van der Waals surface area contributed by atoms with Crippen LogP contribution in [0.3, 0.4) is 0 Å². The lowest BCUT2D eigenvalue weighted by Gasteiger charge is -2.15. The first kappa shape index (κ1) is 27.8. The largest absolute Gasteiger partial charge is 0.497 e. The van der Waals surface area contributed by atoms with Gasteiger partial charge in [0.1, 0.15) is 16.4 Å². The van der Waals surface area contributed by atoms with Crippen molar-refractivity contribution >= 4 is 62.0 Å². The van der Waals surface area contributed by atoms with Gasteiger partial charge in [-0.25, -0.2) is 0 Å². The summed E-state index contributed by atoms with van der Waals surface area (Å²) in [7, 11) is -2.83. The maximum atomic E-state index is 12.9. The molecule has 1 heterocycles. The average molecular weight is 586 g/mol. The SMILES string of the molecule is COc1ccc(C(=O)NN2C(=O)/C(=C/c3ccc(OS(=O)(=O)c4ccc(C)c([N+](=O)[O-])c4)cc3)SC2=S)cc1. The summed E-state index contributed by atoms with van der Waals surface area (Å²) in [6.45, 7) is 1.50. The highest BCUT2D eigenvalue weighted by molar-refractivity contribution is 8.26. The third-order valence-corrected chi connectivity index (χ3v) is 7.95. The van der Waals surface area contributed by atoms with Gasteiger partial charge in [-0.2, -0.15) is 13.4 Å². The number of rotatable bonds is 8. The van der Waals surface area contributed by atoms with Crippen molar-refractivity contribution in [2.24, 2.45) is 0 Å². The predicted molar refractivity (Wildman–Crippen MR) is 148 cm³/mol. The molecule has 3 aromatic carbocycles. The van der Waals surface area contributed by atoms with Crippen molar-refractivity contribution in [3.63, 3.8) is 0 Å². The van der Waals surface area contributed by atoms with Crippen LogP contribution in [0.15, 0.2) is 76.5 Å². The summed E-state index contributed by atoms with van der Waals surface area (Å²) in [5, 5.41) is 12.1. The van der Waals surface area contributed by atoms with E-state index >= 15 is 0 Å². The van der Waals surface area contributed by atoms with E-state index in [4.69, 9.17) is 21.1 Å². The number of nitrogens with zero attached hydrogens (tertiary/aromatic N) is 2. The zero-order valence-corrected chi connectivity index (χ0v) is 22.8. The van der Waals surface area contributed by atoms with Crippen molar-refractivity contribution in [1.82, 2.24) is 10.4 Å². The zero-order valence-electron chi connectivity index (χ0n) is 20.3. The molecular formula is C25H19N3O8S3. The number of aryl methyl sites for hydroxylation is 1. The number of methoxy groups -OCH3 is 1. The maximum Gasteiger partial charge on any atom is 0.339 e. The van der Waals surface area contributed by atoms with Gasteiger partial charge in [-0.3, -0.25) is 25.1 Å². The lowest BCUT2D eigenvalue weighted by Crippen LogP contribution is -2.44. The Morgan fingerprint density at radius 2 is 1.72 bits per heavy atom. The summed E-state index contributed by atoms with van der Waals surface area (Å²) in [5.74, 6) is -0.518. The molecule has 0 aromatic heterocycles. The number of carbonyl (C=O) groups excluding carboxylic acids is 2. The second-order valence-electron chi connectivity index (χ2n) is 8.00. The fourth-order valence-electron chi connectivity index (χ4n) is 3.36. The van der Waals surface area contributed by atoms with Crippen molar-refractivity contribution in [3.05, 3.63) is 98.4 Å². The monoisotopic (exact) mass is 585 g/mol. The Morgan fingerprint density at radius 1 is 1.08 bits per heavy atom. The van der Waals surface area contributed by atoms with Crippen LogP contribution >= 0.6 is 24.0 Å². The molecule has 0 spiro atoms. The molecule has 200 valence electrons. The lowest BCUT2D eigenvalue weighted by atomic mass is 10.2. The smallest absolute Gasteiger partial charge is 0.339 e. The van der Waals surface area contributed by atoms with Crippen molar-refractivity contribution in [3.8, 4) is 11.5 Å². The van der Waals surface area contributed by atoms with Gasteiger partial charge in [0.25, 0.3) is 17.5 Å². The summed E-state index contributed by atoms with van der Waals surface area (Å²) in [5.41, 5.74) is 3.30. The maximum absolute atomic E-state index is 12.9. The van der Waals surface area contributed by atoms with Gasteiger partial charge in [0.15, 0.2) is 4.32 Å². The van der Waals surface area contributed by atoms with Crippen LogP contribution in [-0.4, -0.2) is 41.6 Å². The topological polar surface area (TPSA) is 145 Å². The van der Waals surface area contributed by atoms with Gasteiger partial charge in [0.2, 0.25) is 0 Å². The fourth-order valence-corrected chi connectivity index (χ4v) is 5.49. The van der Waals surface area contributed by atoms with Gasteiger partial charge in [0, 0.05) is 17.2 Å². The second kappa shape index (κ2) is 11.2. The van der Waals surface area contributed by atoms with Crippen LogP contribution in [0, 0.1) is 17.0 Å². The van der Waals surface area contributed by atoms with Gasteiger partial charge < -0.3 is 8.92 Å². The highest BCUT2D eigenvalue weighted by Gasteiger charge is 2.34. The van der Waals surface area contributed by atoms with E-state index in [1.807, 2.05) is 0 Å². The third-order valence-electron chi connectivity index (χ3n) is 5.41. The molecule has 0 bridgehead atoms. The molecule has 39 heavy (non-hydrogen) atoms. The second-order valence-corrected chi connectivity index (χ2v) is 11.2. The Labute approximate surface area is 232 Å². The molecule has 11 nitrogen and oxygen atoms in total. The molecule has 0 aliphatic carbocycles. The van der Waals surface area contributed by atoms with E-state index in [2.05, 4.69) is 5.43 Å². The van der Waals surface area contributed by atoms with Crippen molar-refractivity contribution in [2.75, 3.05) is 7.11 Å². The summed E-state index contributed by atoms with van der Waals surface area (Å²) in [6.07, 6.45) is 1.53. The van der Waals surface area contributed by atoms with E-state index in [-0.39, 0.29) is 25.6 Å². The van der Waals surface area contributed by atoms with Crippen LogP contribution in [0.25, 0.3) is 6.08 Å². The minimum Gasteiger partial charge on any atom is -0.497 e. The Balaban J connectivity index is 1.45. The zero-order chi connectivity index (χ0) is 28.3. The normalized spacial score (nSPS) is 14.4. The number of nitro groups is 1. The van der Waals surface area contributed by atoms with Crippen LogP contribution in [0.2, 0.25) is 0 Å². The molecule has 4 rings (SSSR count). The molecule has 0 unspecified atom stereocenters. The summed E-state index contributed by atoms with van der Waals surface area (Å²) in [4.78, 5) is 35.8. The third kappa shape index (κ3) is 6.25. The van der Waals surface area contributed by atoms with Crippen molar-refractivity contribution < 1.29 is 31.9 Å². The Kier molecular flexibility index (Phi) is 7.99. The quantitative estimate of drug-likeness (QED) is 0.134. The number of thiocarbonyl (C=S) groups is 1. The molecular weight excluding hydrogens is 566 g/mol. The van der Waals surface area contributed by atoms with Crippen LogP contribution < -0.4 is 14.3 Å². The van der Waals surface area contributed by atoms with Gasteiger partial charge in [-0.1, -0.05) is 30.0 Å². The molecule has 1 aliphatic heterocycles. The van der Waals surface area contributed by atoms with Gasteiger partial charge >= 0.3 is 10.1 Å². The molecule has 14 heteroatoms. The number of carbonyl (C=O) groups is 2. The molecule has 0 saturated carbocycles. The molecule has 1 aliphatic rings. The Hall–Kier alpha value is -4.27. The van der Waals surface area contributed by atoms with Crippen LogP contribution in [-0.2, 0) is 14.9 Å². The van der Waals surface area contributed by atoms with E-state index in [9.17, 15) is 28.1 Å². The highest BCUT2D eigenvalue weighted by Crippen LogP contribution is 2.32. The number of hydrogen-bond acceptors (Lipinski definition) is 10. The average Bonchev–Trinajstić information content (AvgIpc) is 3.16. The summed E-state index contributed by atoms with van der Waals surface area (Å²) >= 11 is 6.23. The number of nitrogens with one attached hydrogen (secondary N) is 1. The highest BCUT2D eigenvalue weighted by atomic mass is 32.2. The van der Waals surface area contributed by atoms with Crippen LogP contribution in [0.4, 0.5) is 5.69 Å². The molecule has 2 amide bonds. The fraction of sp³-hybridized carbons (Fsp3) is 0.0800. The first-order chi connectivity index (χ1) is 18.5. The first-order valence-corrected chi connectivity index (χ1v) is 13.6. The van der Waals surface area contributed by atoms with Crippen LogP contribution in [0.1, 0.15) is 21.5 Å². The number of thioether (sulfide) groups is 1. The van der Waals surface area contributed by atoms with Crippen molar-refractivity contribution in [1.29, 1.82) is 0 Å². The minimum atomic E-state index is -4.33. The van der Waals surface area contributed by atoms with E-state index in [0.29, 0.717) is 22.4 Å². The molecule has 1 fully saturated rings. The number of hydrazine groups is 1. The number of hydrogen-bond donors (Lipinski definition) is 1. The van der Waals surface area contributed by atoms with Gasteiger partial charge in [-0.05, 0) is 73.2 Å². The Morgan fingerprint density at radius 3 is 2.33 bits per heavy atom.